The number of rotatable bonds is 5. The van der Waals surface area contributed by atoms with Crippen molar-refractivity contribution in [3.63, 3.8) is 0 Å². The van der Waals surface area contributed by atoms with E-state index in [0.717, 1.165) is 23.2 Å². The second-order valence-electron chi connectivity index (χ2n) is 3.86. The number of aromatic nitrogens is 1. The largest absolute Gasteiger partial charge is 0.383 e. The topological polar surface area (TPSA) is 28.2 Å². The molecule has 0 aliphatic carbocycles. The van der Waals surface area contributed by atoms with Crippen LogP contribution in [0.4, 0.5) is 5.69 Å². The first kappa shape index (κ1) is 12.5. The molecule has 84 valence electrons. The predicted molar refractivity (Wildman–Crippen MR) is 68.2 cm³/mol. The average molecular weight is 272 g/mol. The molecule has 0 bridgehead atoms. The number of hydrogen-bond acceptors (Lipinski definition) is 3. The van der Waals surface area contributed by atoms with Crippen molar-refractivity contribution in [2.24, 2.45) is 0 Å². The third kappa shape index (κ3) is 4.18. The van der Waals surface area contributed by atoms with Gasteiger partial charge in [-0.3, -0.25) is 4.98 Å². The summed E-state index contributed by atoms with van der Waals surface area (Å²) in [6.07, 6.45) is 3.59. The zero-order chi connectivity index (χ0) is 11.3. The van der Waals surface area contributed by atoms with E-state index in [4.69, 9.17) is 0 Å². The third-order valence-electron chi connectivity index (χ3n) is 2.43. The van der Waals surface area contributed by atoms with Gasteiger partial charge in [-0.05, 0) is 42.9 Å². The molecule has 0 saturated heterocycles. The Bertz CT molecular complexity index is 302. The molecule has 1 heterocycles. The maximum absolute atomic E-state index is 4.02. The molecular weight excluding hydrogens is 254 g/mol. The molecule has 0 aromatic carbocycles. The van der Waals surface area contributed by atoms with Gasteiger partial charge in [0.15, 0.2) is 0 Å². The SMILES string of the molecule is CC(C)N(C)CCNc1ccncc1Br. The van der Waals surface area contributed by atoms with Crippen LogP contribution in [-0.2, 0) is 0 Å². The summed E-state index contributed by atoms with van der Waals surface area (Å²) in [5, 5.41) is 3.37. The molecule has 0 amide bonds. The Kier molecular flexibility index (Phi) is 5.05. The van der Waals surface area contributed by atoms with Gasteiger partial charge in [-0.15, -0.1) is 0 Å². The highest BCUT2D eigenvalue weighted by atomic mass is 79.9. The molecule has 1 N–H and O–H groups in total. The monoisotopic (exact) mass is 271 g/mol. The Morgan fingerprint density at radius 3 is 2.87 bits per heavy atom. The van der Waals surface area contributed by atoms with Crippen molar-refractivity contribution < 1.29 is 0 Å². The number of nitrogens with zero attached hydrogens (tertiary/aromatic N) is 2. The minimum atomic E-state index is 0.590. The maximum atomic E-state index is 4.02. The maximum Gasteiger partial charge on any atom is 0.0590 e. The Morgan fingerprint density at radius 1 is 1.53 bits per heavy atom. The van der Waals surface area contributed by atoms with Gasteiger partial charge in [0, 0.05) is 31.5 Å². The van der Waals surface area contributed by atoms with E-state index in [1.165, 1.54) is 0 Å². The van der Waals surface area contributed by atoms with Crippen LogP contribution in [0.2, 0.25) is 0 Å². The van der Waals surface area contributed by atoms with Crippen molar-refractivity contribution in [2.45, 2.75) is 19.9 Å². The summed E-state index contributed by atoms with van der Waals surface area (Å²) in [5.41, 5.74) is 1.10. The van der Waals surface area contributed by atoms with Crippen molar-refractivity contribution in [3.8, 4) is 0 Å². The standard InChI is InChI=1S/C11H18BrN3/c1-9(2)15(3)7-6-14-11-4-5-13-8-10(11)12/h4-5,8-9H,6-7H2,1-3H3,(H,13,14). The summed E-state index contributed by atoms with van der Waals surface area (Å²) in [6, 6.07) is 2.56. The number of likely N-dealkylation sites (N-methyl/N-ethyl adjacent to an activating group) is 1. The summed E-state index contributed by atoms with van der Waals surface area (Å²) in [6.45, 7) is 6.37. The molecule has 0 radical (unpaired) electrons. The minimum absolute atomic E-state index is 0.590. The van der Waals surface area contributed by atoms with Crippen LogP contribution in [-0.4, -0.2) is 36.1 Å². The van der Waals surface area contributed by atoms with Gasteiger partial charge >= 0.3 is 0 Å². The van der Waals surface area contributed by atoms with Crippen molar-refractivity contribution in [1.29, 1.82) is 0 Å². The van der Waals surface area contributed by atoms with Crippen LogP contribution < -0.4 is 5.32 Å². The van der Waals surface area contributed by atoms with Crippen LogP contribution >= 0.6 is 15.9 Å². The fourth-order valence-corrected chi connectivity index (χ4v) is 1.53. The lowest BCUT2D eigenvalue weighted by Gasteiger charge is -2.21. The second-order valence-corrected chi connectivity index (χ2v) is 4.71. The van der Waals surface area contributed by atoms with E-state index in [9.17, 15) is 0 Å². The number of anilines is 1. The molecule has 0 aliphatic rings. The van der Waals surface area contributed by atoms with E-state index in [1.54, 1.807) is 12.4 Å². The first-order chi connectivity index (χ1) is 7.11. The molecule has 0 fully saturated rings. The molecule has 0 spiro atoms. The van der Waals surface area contributed by atoms with Gasteiger partial charge in [0.1, 0.15) is 0 Å². The highest BCUT2D eigenvalue weighted by Crippen LogP contribution is 2.19. The number of pyridine rings is 1. The summed E-state index contributed by atoms with van der Waals surface area (Å²) < 4.78 is 1.01. The molecule has 4 heteroatoms. The Labute approximate surface area is 100 Å². The van der Waals surface area contributed by atoms with Crippen molar-refractivity contribution >= 4 is 21.6 Å². The summed E-state index contributed by atoms with van der Waals surface area (Å²) in [7, 11) is 2.13. The third-order valence-corrected chi connectivity index (χ3v) is 3.07. The number of nitrogens with one attached hydrogen (secondary N) is 1. The van der Waals surface area contributed by atoms with Crippen LogP contribution in [0.1, 0.15) is 13.8 Å². The van der Waals surface area contributed by atoms with Crippen LogP contribution in [0, 0.1) is 0 Å². The first-order valence-electron chi connectivity index (χ1n) is 5.15. The molecule has 0 unspecified atom stereocenters. The van der Waals surface area contributed by atoms with Crippen molar-refractivity contribution in [3.05, 3.63) is 22.9 Å². The fourth-order valence-electron chi connectivity index (χ4n) is 1.14. The van der Waals surface area contributed by atoms with E-state index in [1.807, 2.05) is 6.07 Å². The molecule has 0 saturated carbocycles. The molecule has 3 nitrogen and oxygen atoms in total. The summed E-state index contributed by atoms with van der Waals surface area (Å²) in [4.78, 5) is 6.33. The van der Waals surface area contributed by atoms with Gasteiger partial charge in [0.05, 0.1) is 10.2 Å². The highest BCUT2D eigenvalue weighted by molar-refractivity contribution is 9.10. The van der Waals surface area contributed by atoms with Gasteiger partial charge in [0.25, 0.3) is 0 Å². The van der Waals surface area contributed by atoms with Gasteiger partial charge in [-0.2, -0.15) is 0 Å². The van der Waals surface area contributed by atoms with E-state index < -0.39 is 0 Å². The normalized spacial score (nSPS) is 11.1. The molecule has 0 aliphatic heterocycles. The second kappa shape index (κ2) is 6.08. The molecule has 1 aromatic heterocycles. The van der Waals surface area contributed by atoms with Crippen LogP contribution in [0.15, 0.2) is 22.9 Å². The Morgan fingerprint density at radius 2 is 2.27 bits per heavy atom. The van der Waals surface area contributed by atoms with Crippen LogP contribution in [0.5, 0.6) is 0 Å². The smallest absolute Gasteiger partial charge is 0.0590 e. The first-order valence-corrected chi connectivity index (χ1v) is 5.94. The van der Waals surface area contributed by atoms with E-state index in [2.05, 4.69) is 52.0 Å². The molecule has 0 atom stereocenters. The molecule has 1 rings (SSSR count). The number of halogens is 1. The summed E-state index contributed by atoms with van der Waals surface area (Å²) >= 11 is 3.45. The average Bonchev–Trinajstić information content (AvgIpc) is 2.20. The van der Waals surface area contributed by atoms with E-state index in [0.29, 0.717) is 6.04 Å². The quantitative estimate of drug-likeness (QED) is 0.893. The van der Waals surface area contributed by atoms with E-state index >= 15 is 0 Å². The van der Waals surface area contributed by atoms with Gasteiger partial charge < -0.3 is 10.2 Å². The van der Waals surface area contributed by atoms with Crippen LogP contribution in [0.25, 0.3) is 0 Å². The van der Waals surface area contributed by atoms with Gasteiger partial charge in [-0.1, -0.05) is 0 Å². The molecular formula is C11H18BrN3. The number of hydrogen-bond donors (Lipinski definition) is 1. The lowest BCUT2D eigenvalue weighted by Crippen LogP contribution is -2.31. The zero-order valence-corrected chi connectivity index (χ0v) is 11.1. The predicted octanol–water partition coefficient (Wildman–Crippen LogP) is 2.60. The molecule has 1 aromatic rings. The van der Waals surface area contributed by atoms with E-state index in [-0.39, 0.29) is 0 Å². The Balaban J connectivity index is 2.35. The van der Waals surface area contributed by atoms with Crippen LogP contribution in [0.3, 0.4) is 0 Å². The van der Waals surface area contributed by atoms with Crippen molar-refractivity contribution in [1.82, 2.24) is 9.88 Å². The highest BCUT2D eigenvalue weighted by Gasteiger charge is 2.02. The Hall–Kier alpha value is -0.610. The zero-order valence-electron chi connectivity index (χ0n) is 9.50. The van der Waals surface area contributed by atoms with Gasteiger partial charge in [0.2, 0.25) is 0 Å². The fraction of sp³-hybridized carbons (Fsp3) is 0.545. The van der Waals surface area contributed by atoms with Gasteiger partial charge in [-0.25, -0.2) is 0 Å². The minimum Gasteiger partial charge on any atom is -0.383 e. The lowest BCUT2D eigenvalue weighted by atomic mass is 10.3. The lowest BCUT2D eigenvalue weighted by molar-refractivity contribution is 0.284. The van der Waals surface area contributed by atoms with Crippen molar-refractivity contribution in [2.75, 3.05) is 25.5 Å². The molecule has 15 heavy (non-hydrogen) atoms. The summed E-state index contributed by atoms with van der Waals surface area (Å²) in [5.74, 6) is 0.